The minimum atomic E-state index is -0.425. The molecule has 0 aromatic heterocycles. The van der Waals surface area contributed by atoms with Crippen LogP contribution in [0.15, 0.2) is 46.9 Å². The molecule has 2 N–H and O–H groups in total. The maximum Gasteiger partial charge on any atom is 0.269 e. The molecule has 0 fully saturated rings. The van der Waals surface area contributed by atoms with Crippen molar-refractivity contribution in [2.45, 2.75) is 13.2 Å². The molecule has 0 unspecified atom stereocenters. The van der Waals surface area contributed by atoms with Crippen LogP contribution in [0.3, 0.4) is 0 Å². The number of nitrogens with two attached hydrogens (primary N) is 1. The summed E-state index contributed by atoms with van der Waals surface area (Å²) in [5.74, 6) is 0.717. The van der Waals surface area contributed by atoms with Gasteiger partial charge in [0.2, 0.25) is 0 Å². The summed E-state index contributed by atoms with van der Waals surface area (Å²) in [4.78, 5) is 10.1. The Balaban J connectivity index is 2.06. The van der Waals surface area contributed by atoms with E-state index < -0.39 is 4.92 Å². The minimum absolute atomic E-state index is 0.0695. The second-order valence-electron chi connectivity index (χ2n) is 4.17. The molecule has 0 aliphatic carbocycles. The van der Waals surface area contributed by atoms with E-state index in [4.69, 9.17) is 10.5 Å². The van der Waals surface area contributed by atoms with Gasteiger partial charge in [-0.1, -0.05) is 15.9 Å². The molecule has 0 bridgehead atoms. The molecule has 0 saturated heterocycles. The van der Waals surface area contributed by atoms with E-state index in [1.807, 2.05) is 18.2 Å². The van der Waals surface area contributed by atoms with Gasteiger partial charge in [0.15, 0.2) is 0 Å². The number of nitrogens with zero attached hydrogens (tertiary/aromatic N) is 1. The van der Waals surface area contributed by atoms with Gasteiger partial charge < -0.3 is 10.5 Å². The van der Waals surface area contributed by atoms with Gasteiger partial charge in [0, 0.05) is 28.7 Å². The van der Waals surface area contributed by atoms with E-state index >= 15 is 0 Å². The van der Waals surface area contributed by atoms with Gasteiger partial charge >= 0.3 is 0 Å². The summed E-state index contributed by atoms with van der Waals surface area (Å²) in [6, 6.07) is 11.9. The zero-order chi connectivity index (χ0) is 14.5. The van der Waals surface area contributed by atoms with Crippen molar-refractivity contribution in [3.8, 4) is 5.75 Å². The summed E-state index contributed by atoms with van der Waals surface area (Å²) >= 11 is 3.38. The zero-order valence-electron chi connectivity index (χ0n) is 10.6. The topological polar surface area (TPSA) is 78.4 Å². The normalized spacial score (nSPS) is 10.3. The van der Waals surface area contributed by atoms with Gasteiger partial charge in [-0.3, -0.25) is 10.1 Å². The number of ether oxygens (including phenoxy) is 1. The third-order valence-electron chi connectivity index (χ3n) is 2.78. The van der Waals surface area contributed by atoms with Crippen LogP contribution in [0.4, 0.5) is 5.69 Å². The molecule has 20 heavy (non-hydrogen) atoms. The molecule has 0 aliphatic heterocycles. The molecule has 0 aliphatic rings. The largest absolute Gasteiger partial charge is 0.489 e. The second kappa shape index (κ2) is 6.49. The Morgan fingerprint density at radius 1 is 1.20 bits per heavy atom. The van der Waals surface area contributed by atoms with Gasteiger partial charge in [0.05, 0.1) is 4.92 Å². The lowest BCUT2D eigenvalue weighted by atomic mass is 10.2. The highest BCUT2D eigenvalue weighted by Crippen LogP contribution is 2.24. The lowest BCUT2D eigenvalue weighted by molar-refractivity contribution is -0.384. The van der Waals surface area contributed by atoms with E-state index in [0.717, 1.165) is 15.6 Å². The number of non-ortho nitro benzene ring substituents is 1. The zero-order valence-corrected chi connectivity index (χ0v) is 12.2. The third-order valence-corrected chi connectivity index (χ3v) is 3.28. The number of benzene rings is 2. The van der Waals surface area contributed by atoms with E-state index in [1.165, 1.54) is 12.1 Å². The molecule has 0 amide bonds. The Hall–Kier alpha value is -1.92. The van der Waals surface area contributed by atoms with E-state index in [1.54, 1.807) is 12.1 Å². The molecule has 2 aromatic carbocycles. The monoisotopic (exact) mass is 336 g/mol. The van der Waals surface area contributed by atoms with E-state index in [0.29, 0.717) is 18.9 Å². The number of halogens is 1. The van der Waals surface area contributed by atoms with E-state index in [-0.39, 0.29) is 5.69 Å². The van der Waals surface area contributed by atoms with Crippen LogP contribution in [0.2, 0.25) is 0 Å². The predicted octanol–water partition coefficient (Wildman–Crippen LogP) is 3.40. The highest BCUT2D eigenvalue weighted by atomic mass is 79.9. The van der Waals surface area contributed by atoms with Crippen molar-refractivity contribution in [1.29, 1.82) is 0 Å². The van der Waals surface area contributed by atoms with Gasteiger partial charge in [-0.05, 0) is 35.9 Å². The first-order chi connectivity index (χ1) is 9.60. The first kappa shape index (κ1) is 14.5. The van der Waals surface area contributed by atoms with Gasteiger partial charge in [0.1, 0.15) is 12.4 Å². The van der Waals surface area contributed by atoms with Crippen molar-refractivity contribution in [3.05, 3.63) is 68.2 Å². The van der Waals surface area contributed by atoms with Crippen LogP contribution in [0.25, 0.3) is 0 Å². The standard InChI is InChI=1S/C14H13BrN2O3/c15-12-3-6-14(11(7-12)8-16)20-9-10-1-4-13(5-2-10)17(18)19/h1-7H,8-9,16H2. The lowest BCUT2D eigenvalue weighted by Crippen LogP contribution is -2.03. The Bertz CT molecular complexity index is 614. The molecule has 0 radical (unpaired) electrons. The Labute approximate surface area is 124 Å². The Morgan fingerprint density at radius 2 is 1.90 bits per heavy atom. The maximum atomic E-state index is 10.6. The minimum Gasteiger partial charge on any atom is -0.489 e. The fraction of sp³-hybridized carbons (Fsp3) is 0.143. The van der Waals surface area contributed by atoms with E-state index in [9.17, 15) is 10.1 Å². The van der Waals surface area contributed by atoms with Gasteiger partial charge in [-0.15, -0.1) is 0 Å². The average molecular weight is 337 g/mol. The van der Waals surface area contributed by atoms with Crippen LogP contribution in [0.5, 0.6) is 5.75 Å². The molecule has 5 nitrogen and oxygen atoms in total. The summed E-state index contributed by atoms with van der Waals surface area (Å²) in [5.41, 5.74) is 7.50. The van der Waals surface area contributed by atoms with Gasteiger partial charge in [0.25, 0.3) is 5.69 Å². The van der Waals surface area contributed by atoms with Crippen LogP contribution in [0.1, 0.15) is 11.1 Å². The molecule has 2 rings (SSSR count). The molecule has 0 spiro atoms. The predicted molar refractivity (Wildman–Crippen MR) is 79.5 cm³/mol. The van der Waals surface area contributed by atoms with Crippen molar-refractivity contribution in [1.82, 2.24) is 0 Å². The molecule has 0 atom stereocenters. The van der Waals surface area contributed by atoms with Crippen LogP contribution < -0.4 is 10.5 Å². The Kier molecular flexibility index (Phi) is 4.70. The quantitative estimate of drug-likeness (QED) is 0.670. The second-order valence-corrected chi connectivity index (χ2v) is 5.08. The van der Waals surface area contributed by atoms with Crippen LogP contribution in [-0.2, 0) is 13.2 Å². The molecule has 0 heterocycles. The number of rotatable bonds is 5. The Morgan fingerprint density at radius 3 is 2.50 bits per heavy atom. The number of hydrogen-bond acceptors (Lipinski definition) is 4. The van der Waals surface area contributed by atoms with Crippen molar-refractivity contribution in [2.24, 2.45) is 5.73 Å². The van der Waals surface area contributed by atoms with Crippen molar-refractivity contribution in [3.63, 3.8) is 0 Å². The lowest BCUT2D eigenvalue weighted by Gasteiger charge is -2.10. The summed E-state index contributed by atoms with van der Waals surface area (Å²) < 4.78 is 6.64. The molecule has 2 aromatic rings. The first-order valence-electron chi connectivity index (χ1n) is 5.95. The molecule has 0 saturated carbocycles. The fourth-order valence-corrected chi connectivity index (χ4v) is 2.13. The van der Waals surface area contributed by atoms with Crippen LogP contribution >= 0.6 is 15.9 Å². The van der Waals surface area contributed by atoms with E-state index in [2.05, 4.69) is 15.9 Å². The van der Waals surface area contributed by atoms with Crippen molar-refractivity contribution >= 4 is 21.6 Å². The molecular formula is C14H13BrN2O3. The number of hydrogen-bond donors (Lipinski definition) is 1. The van der Waals surface area contributed by atoms with Crippen LogP contribution in [-0.4, -0.2) is 4.92 Å². The molecule has 104 valence electrons. The summed E-state index contributed by atoms with van der Waals surface area (Å²) in [6.45, 7) is 0.724. The van der Waals surface area contributed by atoms with Crippen molar-refractivity contribution < 1.29 is 9.66 Å². The van der Waals surface area contributed by atoms with Gasteiger partial charge in [-0.2, -0.15) is 0 Å². The molecule has 6 heteroatoms. The van der Waals surface area contributed by atoms with Crippen molar-refractivity contribution in [2.75, 3.05) is 0 Å². The highest BCUT2D eigenvalue weighted by molar-refractivity contribution is 9.10. The first-order valence-corrected chi connectivity index (χ1v) is 6.74. The molecular weight excluding hydrogens is 324 g/mol. The summed E-state index contributed by atoms with van der Waals surface area (Å²) in [5, 5.41) is 10.6. The van der Waals surface area contributed by atoms with Gasteiger partial charge in [-0.25, -0.2) is 0 Å². The number of nitro benzene ring substituents is 1. The van der Waals surface area contributed by atoms with Crippen LogP contribution in [0, 0.1) is 10.1 Å². The average Bonchev–Trinajstić information content (AvgIpc) is 2.46. The third kappa shape index (κ3) is 3.55. The summed E-state index contributed by atoms with van der Waals surface area (Å²) in [6.07, 6.45) is 0. The maximum absolute atomic E-state index is 10.6. The smallest absolute Gasteiger partial charge is 0.269 e. The number of nitro groups is 1. The highest BCUT2D eigenvalue weighted by Gasteiger charge is 2.06. The SMILES string of the molecule is NCc1cc(Br)ccc1OCc1ccc([N+](=O)[O-])cc1. The fourth-order valence-electron chi connectivity index (χ4n) is 1.72. The summed E-state index contributed by atoms with van der Waals surface area (Å²) in [7, 11) is 0.